The van der Waals surface area contributed by atoms with E-state index in [2.05, 4.69) is 15.6 Å². The van der Waals surface area contributed by atoms with E-state index in [4.69, 9.17) is 4.84 Å². The van der Waals surface area contributed by atoms with Crippen LogP contribution in [0.3, 0.4) is 0 Å². The summed E-state index contributed by atoms with van der Waals surface area (Å²) < 4.78 is 39.7. The Balaban J connectivity index is 1.59. The molecule has 1 fully saturated rings. The van der Waals surface area contributed by atoms with Crippen molar-refractivity contribution in [3.63, 3.8) is 0 Å². The summed E-state index contributed by atoms with van der Waals surface area (Å²) in [5, 5.41) is 6.27. The number of anilines is 2. The van der Waals surface area contributed by atoms with E-state index < -0.39 is 27.1 Å². The lowest BCUT2D eigenvalue weighted by Crippen LogP contribution is -2.44. The number of amides is 2. The molecule has 1 saturated heterocycles. The molecule has 30 heavy (non-hydrogen) atoms. The van der Waals surface area contributed by atoms with Crippen molar-refractivity contribution in [1.82, 2.24) is 14.4 Å². The highest BCUT2D eigenvalue weighted by atomic mass is 32.2. The molecule has 0 spiro atoms. The van der Waals surface area contributed by atoms with Gasteiger partial charge in [0.05, 0.1) is 17.1 Å². The number of carbonyl (C=O) groups is 1. The van der Waals surface area contributed by atoms with Crippen molar-refractivity contribution in [2.24, 2.45) is 0 Å². The second kappa shape index (κ2) is 9.37. The molecular weight excluding hydrogens is 413 g/mol. The van der Waals surface area contributed by atoms with Crippen LogP contribution in [0.1, 0.15) is 12.8 Å². The molecule has 2 heterocycles. The number of pyridine rings is 1. The van der Waals surface area contributed by atoms with Gasteiger partial charge >= 0.3 is 6.03 Å². The SMILES string of the molecule is CN(C)S(=O)(=O)C1CCN(Oc2cc(F)cc(NC(=O)Nc3cccnc3)c2)CC1. The number of piperidine rings is 1. The molecule has 162 valence electrons. The van der Waals surface area contributed by atoms with Gasteiger partial charge < -0.3 is 15.5 Å². The normalized spacial score (nSPS) is 15.7. The predicted molar refractivity (Wildman–Crippen MR) is 111 cm³/mol. The van der Waals surface area contributed by atoms with Crippen LogP contribution >= 0.6 is 0 Å². The van der Waals surface area contributed by atoms with Crippen LogP contribution in [-0.2, 0) is 10.0 Å². The fourth-order valence-electron chi connectivity index (χ4n) is 3.09. The summed E-state index contributed by atoms with van der Waals surface area (Å²) in [4.78, 5) is 21.7. The van der Waals surface area contributed by atoms with Crippen LogP contribution in [0.25, 0.3) is 0 Å². The van der Waals surface area contributed by atoms with Crippen LogP contribution in [0, 0.1) is 5.82 Å². The van der Waals surface area contributed by atoms with Gasteiger partial charge in [-0.1, -0.05) is 0 Å². The van der Waals surface area contributed by atoms with Crippen molar-refractivity contribution in [2.75, 3.05) is 37.8 Å². The third kappa shape index (κ3) is 5.65. The van der Waals surface area contributed by atoms with E-state index in [0.29, 0.717) is 31.6 Å². The van der Waals surface area contributed by atoms with Crippen molar-refractivity contribution < 1.29 is 22.4 Å². The minimum Gasteiger partial charge on any atom is -0.406 e. The number of rotatable bonds is 6. The number of halogens is 1. The van der Waals surface area contributed by atoms with Crippen molar-refractivity contribution >= 4 is 27.4 Å². The molecule has 1 aliphatic heterocycles. The monoisotopic (exact) mass is 437 g/mol. The van der Waals surface area contributed by atoms with Crippen LogP contribution in [0.4, 0.5) is 20.6 Å². The van der Waals surface area contributed by atoms with E-state index in [-0.39, 0.29) is 11.4 Å². The van der Waals surface area contributed by atoms with Gasteiger partial charge in [0.1, 0.15) is 5.82 Å². The lowest BCUT2D eigenvalue weighted by molar-refractivity contribution is -0.0715. The summed E-state index contributed by atoms with van der Waals surface area (Å²) in [6.45, 7) is 0.775. The molecule has 0 unspecified atom stereocenters. The topological polar surface area (TPSA) is 104 Å². The van der Waals surface area contributed by atoms with Gasteiger partial charge in [0.25, 0.3) is 0 Å². The maximum absolute atomic E-state index is 14.0. The highest BCUT2D eigenvalue weighted by molar-refractivity contribution is 7.89. The van der Waals surface area contributed by atoms with E-state index in [1.165, 1.54) is 42.8 Å². The van der Waals surface area contributed by atoms with Crippen molar-refractivity contribution in [2.45, 2.75) is 18.1 Å². The number of hydrogen-bond acceptors (Lipinski definition) is 6. The molecule has 9 nitrogen and oxygen atoms in total. The molecule has 2 aromatic rings. The van der Waals surface area contributed by atoms with Crippen LogP contribution in [-0.4, -0.2) is 61.2 Å². The third-order valence-corrected chi connectivity index (χ3v) is 6.95. The van der Waals surface area contributed by atoms with Crippen molar-refractivity contribution in [3.05, 3.63) is 48.5 Å². The van der Waals surface area contributed by atoms with Gasteiger partial charge in [0, 0.05) is 51.2 Å². The summed E-state index contributed by atoms with van der Waals surface area (Å²) in [5.74, 6) is -0.366. The van der Waals surface area contributed by atoms with Crippen molar-refractivity contribution in [3.8, 4) is 5.75 Å². The van der Waals surface area contributed by atoms with Gasteiger partial charge in [-0.3, -0.25) is 4.98 Å². The van der Waals surface area contributed by atoms with Crippen LogP contribution in [0.2, 0.25) is 0 Å². The summed E-state index contributed by atoms with van der Waals surface area (Å²) >= 11 is 0. The summed E-state index contributed by atoms with van der Waals surface area (Å²) in [5.41, 5.74) is 0.717. The molecule has 1 aromatic carbocycles. The second-order valence-corrected chi connectivity index (χ2v) is 9.47. The standard InChI is InChI=1S/C19H24FN5O4S/c1-24(2)30(27,28)18-5-8-25(9-6-18)29-17-11-14(20)10-16(12-17)23-19(26)22-15-4-3-7-21-13-15/h3-4,7,10-13,18H,5-6,8-9H2,1-2H3,(H2,22,23,26). The number of carbonyl (C=O) groups excluding carboxylic acids is 1. The molecule has 2 N–H and O–H groups in total. The van der Waals surface area contributed by atoms with Gasteiger partial charge in [0.2, 0.25) is 10.0 Å². The number of aromatic nitrogens is 1. The minimum absolute atomic E-state index is 0.209. The number of nitrogens with one attached hydrogen (secondary N) is 2. The second-order valence-electron chi connectivity index (χ2n) is 7.04. The highest BCUT2D eigenvalue weighted by Gasteiger charge is 2.32. The average Bonchev–Trinajstić information content (AvgIpc) is 2.68. The first-order chi connectivity index (χ1) is 14.2. The van der Waals surface area contributed by atoms with Gasteiger partial charge in [0.15, 0.2) is 5.75 Å². The highest BCUT2D eigenvalue weighted by Crippen LogP contribution is 2.24. The zero-order chi connectivity index (χ0) is 21.7. The fraction of sp³-hybridized carbons (Fsp3) is 0.368. The van der Waals surface area contributed by atoms with E-state index in [1.54, 1.807) is 23.4 Å². The molecule has 1 aromatic heterocycles. The zero-order valence-electron chi connectivity index (χ0n) is 16.7. The number of hydrogen-bond donors (Lipinski definition) is 2. The minimum atomic E-state index is -3.32. The lowest BCUT2D eigenvalue weighted by atomic mass is 10.1. The number of nitrogens with zero attached hydrogens (tertiary/aromatic N) is 3. The Bertz CT molecular complexity index is 980. The maximum Gasteiger partial charge on any atom is 0.323 e. The molecule has 0 bridgehead atoms. The van der Waals surface area contributed by atoms with Crippen LogP contribution in [0.5, 0.6) is 5.75 Å². The molecule has 0 atom stereocenters. The molecular formula is C19H24FN5O4S. The predicted octanol–water partition coefficient (Wildman–Crippen LogP) is 2.51. The maximum atomic E-state index is 14.0. The molecule has 0 aliphatic carbocycles. The summed E-state index contributed by atoms with van der Waals surface area (Å²) in [6.07, 6.45) is 3.89. The first kappa shape index (κ1) is 21.9. The lowest BCUT2D eigenvalue weighted by Gasteiger charge is -2.32. The van der Waals surface area contributed by atoms with E-state index in [1.807, 2.05) is 0 Å². The van der Waals surface area contributed by atoms with Gasteiger partial charge in [-0.15, -0.1) is 5.06 Å². The molecule has 2 amide bonds. The Kier molecular flexibility index (Phi) is 6.85. The van der Waals surface area contributed by atoms with Gasteiger partial charge in [-0.25, -0.2) is 21.9 Å². The molecule has 3 rings (SSSR count). The Labute approximate surface area is 174 Å². The molecule has 0 radical (unpaired) electrons. The molecule has 1 aliphatic rings. The third-order valence-electron chi connectivity index (χ3n) is 4.61. The summed E-state index contributed by atoms with van der Waals surface area (Å²) in [6, 6.07) is 6.67. The van der Waals surface area contributed by atoms with Gasteiger partial charge in [-0.2, -0.15) is 0 Å². The van der Waals surface area contributed by atoms with E-state index >= 15 is 0 Å². The number of sulfonamides is 1. The Morgan fingerprint density at radius 1 is 1.20 bits per heavy atom. The quantitative estimate of drug-likeness (QED) is 0.720. The van der Waals surface area contributed by atoms with Crippen LogP contribution in [0.15, 0.2) is 42.7 Å². The number of benzene rings is 1. The molecule has 11 heteroatoms. The number of hydroxylamine groups is 2. The zero-order valence-corrected chi connectivity index (χ0v) is 17.5. The van der Waals surface area contributed by atoms with Crippen LogP contribution < -0.4 is 15.5 Å². The fourth-order valence-corrected chi connectivity index (χ4v) is 4.49. The first-order valence-electron chi connectivity index (χ1n) is 9.37. The van der Waals surface area contributed by atoms with E-state index in [9.17, 15) is 17.6 Å². The van der Waals surface area contributed by atoms with E-state index in [0.717, 1.165) is 0 Å². The number of urea groups is 1. The average molecular weight is 437 g/mol. The largest absolute Gasteiger partial charge is 0.406 e. The van der Waals surface area contributed by atoms with Gasteiger partial charge in [-0.05, 0) is 31.0 Å². The van der Waals surface area contributed by atoms with Crippen molar-refractivity contribution in [1.29, 1.82) is 0 Å². The summed E-state index contributed by atoms with van der Waals surface area (Å²) in [7, 11) is -0.281. The Morgan fingerprint density at radius 3 is 2.53 bits per heavy atom. The molecule has 0 saturated carbocycles. The first-order valence-corrected chi connectivity index (χ1v) is 10.9. The Morgan fingerprint density at radius 2 is 1.90 bits per heavy atom. The smallest absolute Gasteiger partial charge is 0.323 e. The Hall–Kier alpha value is -2.76.